The molecule has 4 N–H and O–H groups in total. The molecule has 21 heavy (non-hydrogen) atoms. The van der Waals surface area contributed by atoms with Gasteiger partial charge in [0.05, 0.1) is 16.6 Å². The summed E-state index contributed by atoms with van der Waals surface area (Å²) >= 11 is 3.22. The fourth-order valence-electron chi connectivity index (χ4n) is 1.71. The lowest BCUT2D eigenvalue weighted by Crippen LogP contribution is -2.15. The number of anilines is 2. The van der Waals surface area contributed by atoms with Crippen molar-refractivity contribution in [1.82, 2.24) is 0 Å². The van der Waals surface area contributed by atoms with E-state index in [4.69, 9.17) is 5.73 Å². The van der Waals surface area contributed by atoms with Crippen LogP contribution < -0.4 is 11.1 Å². The largest absolute Gasteiger partial charge is 0.508 e. The molecule has 7 nitrogen and oxygen atoms in total. The van der Waals surface area contributed by atoms with E-state index >= 15 is 0 Å². The van der Waals surface area contributed by atoms with Crippen molar-refractivity contribution in [2.75, 3.05) is 11.1 Å². The van der Waals surface area contributed by atoms with Crippen LogP contribution in [0.4, 0.5) is 17.1 Å². The molecule has 8 heteroatoms. The molecule has 2 rings (SSSR count). The molecule has 0 bridgehead atoms. The Labute approximate surface area is 127 Å². The normalized spacial score (nSPS) is 10.1. The van der Waals surface area contributed by atoms with Crippen molar-refractivity contribution < 1.29 is 14.8 Å². The van der Waals surface area contributed by atoms with Crippen molar-refractivity contribution in [2.24, 2.45) is 0 Å². The summed E-state index contributed by atoms with van der Waals surface area (Å²) in [6.07, 6.45) is 0. The number of nitrogens with zero attached hydrogens (tertiary/aromatic N) is 1. The van der Waals surface area contributed by atoms with Crippen LogP contribution in [0.1, 0.15) is 10.4 Å². The number of nitrogens with two attached hydrogens (primary N) is 1. The summed E-state index contributed by atoms with van der Waals surface area (Å²) in [5.74, 6) is -0.836. The number of aromatic hydroxyl groups is 1. The third kappa shape index (κ3) is 3.29. The van der Waals surface area contributed by atoms with Crippen LogP contribution in [0.5, 0.6) is 5.75 Å². The number of rotatable bonds is 3. The Morgan fingerprint density at radius 2 is 2.00 bits per heavy atom. The Morgan fingerprint density at radius 3 is 2.62 bits per heavy atom. The molecule has 0 aliphatic rings. The second-order valence-corrected chi connectivity index (χ2v) is 5.06. The molecule has 2 aromatic rings. The molecular formula is C13H10BrN3O4. The Kier molecular flexibility index (Phi) is 4.08. The van der Waals surface area contributed by atoms with Crippen LogP contribution in [0.25, 0.3) is 0 Å². The number of phenolic OH excluding ortho intramolecular Hbond substituents is 1. The highest BCUT2D eigenvalue weighted by Gasteiger charge is 2.18. The van der Waals surface area contributed by atoms with Crippen LogP contribution in [-0.2, 0) is 0 Å². The molecular weight excluding hydrogens is 342 g/mol. The Morgan fingerprint density at radius 1 is 1.29 bits per heavy atom. The van der Waals surface area contributed by atoms with E-state index in [1.807, 2.05) is 0 Å². The SMILES string of the molecule is Nc1cc(Br)ccc1C(=O)Nc1ccc(O)cc1[N+](=O)[O-]. The number of nitro benzene ring substituents is 1. The van der Waals surface area contributed by atoms with Gasteiger partial charge in [0.2, 0.25) is 0 Å². The smallest absolute Gasteiger partial charge is 0.296 e. The molecule has 0 heterocycles. The van der Waals surface area contributed by atoms with Gasteiger partial charge in [0.25, 0.3) is 11.6 Å². The van der Waals surface area contributed by atoms with E-state index in [-0.39, 0.29) is 22.7 Å². The fourth-order valence-corrected chi connectivity index (χ4v) is 2.09. The molecule has 0 unspecified atom stereocenters. The number of nitrogens with one attached hydrogen (secondary N) is 1. The lowest BCUT2D eigenvalue weighted by atomic mass is 10.1. The Balaban J connectivity index is 2.34. The third-order valence-corrected chi connectivity index (χ3v) is 3.18. The van der Waals surface area contributed by atoms with Gasteiger partial charge in [-0.05, 0) is 30.3 Å². The van der Waals surface area contributed by atoms with Gasteiger partial charge >= 0.3 is 0 Å². The summed E-state index contributed by atoms with van der Waals surface area (Å²) in [5, 5.41) is 22.6. The number of halogens is 1. The zero-order valence-corrected chi connectivity index (χ0v) is 12.1. The average molecular weight is 352 g/mol. The van der Waals surface area contributed by atoms with Crippen molar-refractivity contribution in [3.8, 4) is 5.75 Å². The van der Waals surface area contributed by atoms with Gasteiger partial charge in [0, 0.05) is 10.2 Å². The molecule has 0 aliphatic heterocycles. The van der Waals surface area contributed by atoms with E-state index in [0.717, 1.165) is 6.07 Å². The standard InChI is InChI=1S/C13H10BrN3O4/c14-7-1-3-9(10(15)5-7)13(19)16-11-4-2-8(18)6-12(11)17(20)21/h1-6,18H,15H2,(H,16,19). The minimum absolute atomic E-state index is 0.0230. The first-order valence-corrected chi connectivity index (χ1v) is 6.51. The van der Waals surface area contributed by atoms with Crippen LogP contribution in [-0.4, -0.2) is 15.9 Å². The topological polar surface area (TPSA) is 118 Å². The Hall–Kier alpha value is -2.61. The number of benzene rings is 2. The van der Waals surface area contributed by atoms with Gasteiger partial charge in [-0.1, -0.05) is 15.9 Å². The van der Waals surface area contributed by atoms with Crippen LogP contribution in [0.2, 0.25) is 0 Å². The molecule has 0 radical (unpaired) electrons. The maximum absolute atomic E-state index is 12.1. The predicted octanol–water partition coefficient (Wildman–Crippen LogP) is 2.90. The van der Waals surface area contributed by atoms with Gasteiger partial charge in [0.15, 0.2) is 0 Å². The van der Waals surface area contributed by atoms with Crippen LogP contribution in [0.15, 0.2) is 40.9 Å². The first kappa shape index (κ1) is 14.8. The predicted molar refractivity (Wildman–Crippen MR) is 81.3 cm³/mol. The second kappa shape index (κ2) is 5.80. The molecule has 0 saturated heterocycles. The number of nitrogen functional groups attached to an aromatic ring is 1. The fraction of sp³-hybridized carbons (Fsp3) is 0. The van der Waals surface area contributed by atoms with E-state index in [2.05, 4.69) is 21.2 Å². The summed E-state index contributed by atoms with van der Waals surface area (Å²) in [6, 6.07) is 8.15. The summed E-state index contributed by atoms with van der Waals surface area (Å²) in [7, 11) is 0. The number of hydrogen-bond acceptors (Lipinski definition) is 5. The highest BCUT2D eigenvalue weighted by atomic mass is 79.9. The summed E-state index contributed by atoms with van der Waals surface area (Å²) in [4.78, 5) is 22.3. The molecule has 0 spiro atoms. The van der Waals surface area contributed by atoms with E-state index < -0.39 is 16.5 Å². The number of phenols is 1. The number of carbonyl (C=O) groups is 1. The van der Waals surface area contributed by atoms with Crippen molar-refractivity contribution >= 4 is 38.9 Å². The minimum Gasteiger partial charge on any atom is -0.508 e. The zero-order valence-electron chi connectivity index (χ0n) is 10.5. The van der Waals surface area contributed by atoms with Gasteiger partial charge in [0.1, 0.15) is 11.4 Å². The van der Waals surface area contributed by atoms with Gasteiger partial charge in [-0.15, -0.1) is 0 Å². The molecule has 0 atom stereocenters. The minimum atomic E-state index is -0.694. The summed E-state index contributed by atoms with van der Waals surface area (Å²) in [6.45, 7) is 0. The monoisotopic (exact) mass is 351 g/mol. The van der Waals surface area contributed by atoms with Crippen molar-refractivity contribution in [1.29, 1.82) is 0 Å². The van der Waals surface area contributed by atoms with E-state index in [1.54, 1.807) is 12.1 Å². The number of hydrogen-bond donors (Lipinski definition) is 3. The number of carbonyl (C=O) groups excluding carboxylic acids is 1. The van der Waals surface area contributed by atoms with E-state index in [1.165, 1.54) is 18.2 Å². The lowest BCUT2D eigenvalue weighted by Gasteiger charge is -2.08. The molecule has 1 amide bonds. The summed E-state index contributed by atoms with van der Waals surface area (Å²) < 4.78 is 0.715. The zero-order chi connectivity index (χ0) is 15.6. The van der Waals surface area contributed by atoms with Gasteiger partial charge < -0.3 is 16.2 Å². The summed E-state index contributed by atoms with van der Waals surface area (Å²) in [5.41, 5.74) is 5.74. The maximum atomic E-state index is 12.1. The first-order chi connectivity index (χ1) is 9.88. The quantitative estimate of drug-likeness (QED) is 0.340. The molecule has 0 saturated carbocycles. The van der Waals surface area contributed by atoms with Crippen LogP contribution in [0.3, 0.4) is 0 Å². The van der Waals surface area contributed by atoms with Crippen molar-refractivity contribution in [2.45, 2.75) is 0 Å². The molecule has 0 fully saturated rings. The third-order valence-electron chi connectivity index (χ3n) is 2.68. The van der Waals surface area contributed by atoms with E-state index in [0.29, 0.717) is 4.47 Å². The molecule has 0 aromatic heterocycles. The second-order valence-electron chi connectivity index (χ2n) is 4.14. The highest BCUT2D eigenvalue weighted by molar-refractivity contribution is 9.10. The van der Waals surface area contributed by atoms with Gasteiger partial charge in [-0.2, -0.15) is 0 Å². The first-order valence-electron chi connectivity index (χ1n) is 5.72. The lowest BCUT2D eigenvalue weighted by molar-refractivity contribution is -0.384. The average Bonchev–Trinajstić information content (AvgIpc) is 2.40. The highest BCUT2D eigenvalue weighted by Crippen LogP contribution is 2.29. The molecule has 0 aliphatic carbocycles. The van der Waals surface area contributed by atoms with Gasteiger partial charge in [-0.25, -0.2) is 0 Å². The molecule has 108 valence electrons. The number of amides is 1. The van der Waals surface area contributed by atoms with Crippen molar-refractivity contribution in [3.63, 3.8) is 0 Å². The van der Waals surface area contributed by atoms with E-state index in [9.17, 15) is 20.0 Å². The van der Waals surface area contributed by atoms with Crippen molar-refractivity contribution in [3.05, 3.63) is 56.5 Å². The van der Waals surface area contributed by atoms with Crippen LogP contribution in [0, 0.1) is 10.1 Å². The van der Waals surface area contributed by atoms with Gasteiger partial charge in [-0.3, -0.25) is 14.9 Å². The Bertz CT molecular complexity index is 733. The molecule has 2 aromatic carbocycles. The van der Waals surface area contributed by atoms with Crippen LogP contribution >= 0.6 is 15.9 Å². The maximum Gasteiger partial charge on any atom is 0.296 e. The number of nitro groups is 1.